The molecule has 0 saturated carbocycles. The maximum absolute atomic E-state index is 12.6. The summed E-state index contributed by atoms with van der Waals surface area (Å²) in [4.78, 5) is 16.8. The maximum atomic E-state index is 12.6. The summed E-state index contributed by atoms with van der Waals surface area (Å²) < 4.78 is 12.3. The van der Waals surface area contributed by atoms with Crippen molar-refractivity contribution in [2.24, 2.45) is 5.92 Å². The molecule has 20 heavy (non-hydrogen) atoms. The van der Waals surface area contributed by atoms with Crippen LogP contribution in [0.25, 0.3) is 0 Å². The zero-order chi connectivity index (χ0) is 14.0. The molecule has 1 unspecified atom stereocenters. The van der Waals surface area contributed by atoms with E-state index >= 15 is 0 Å². The van der Waals surface area contributed by atoms with Crippen molar-refractivity contribution in [2.75, 3.05) is 19.8 Å². The van der Waals surface area contributed by atoms with E-state index in [1.165, 1.54) is 0 Å². The van der Waals surface area contributed by atoms with Crippen LogP contribution in [-0.2, 0) is 9.47 Å². The van der Waals surface area contributed by atoms with Gasteiger partial charge in [0.15, 0.2) is 5.78 Å². The average molecular weight is 340 g/mol. The van der Waals surface area contributed by atoms with E-state index in [4.69, 9.17) is 9.47 Å². The summed E-state index contributed by atoms with van der Waals surface area (Å²) >= 11 is 3.34. The summed E-state index contributed by atoms with van der Waals surface area (Å²) in [6.45, 7) is 2.13. The molecule has 2 saturated heterocycles. The van der Waals surface area contributed by atoms with Gasteiger partial charge in [-0.1, -0.05) is 0 Å². The van der Waals surface area contributed by atoms with Crippen molar-refractivity contribution < 1.29 is 14.3 Å². The number of carbonyl (C=O) groups excluding carboxylic acids is 1. The van der Waals surface area contributed by atoms with Crippen molar-refractivity contribution in [2.45, 2.75) is 31.3 Å². The highest BCUT2D eigenvalue weighted by atomic mass is 79.9. The fourth-order valence-electron chi connectivity index (χ4n) is 3.07. The minimum atomic E-state index is -0.147. The number of hydrogen-bond acceptors (Lipinski definition) is 4. The predicted octanol–water partition coefficient (Wildman–Crippen LogP) is 3.00. The Morgan fingerprint density at radius 1 is 1.30 bits per heavy atom. The molecule has 108 valence electrons. The van der Waals surface area contributed by atoms with E-state index in [9.17, 15) is 4.79 Å². The smallest absolute Gasteiger partial charge is 0.184 e. The Kier molecular flexibility index (Phi) is 4.19. The molecule has 1 aromatic rings. The number of ether oxygens (including phenoxy) is 2. The van der Waals surface area contributed by atoms with Crippen molar-refractivity contribution in [1.29, 1.82) is 0 Å². The lowest BCUT2D eigenvalue weighted by molar-refractivity contribution is -0.142. The molecule has 0 N–H and O–H groups in total. The van der Waals surface area contributed by atoms with Crippen LogP contribution < -0.4 is 0 Å². The normalized spacial score (nSPS) is 25.6. The third kappa shape index (κ3) is 2.95. The first kappa shape index (κ1) is 14.2. The van der Waals surface area contributed by atoms with E-state index in [1.807, 2.05) is 6.07 Å². The van der Waals surface area contributed by atoms with Gasteiger partial charge in [-0.25, -0.2) is 0 Å². The van der Waals surface area contributed by atoms with Gasteiger partial charge in [-0.3, -0.25) is 9.78 Å². The molecule has 0 amide bonds. The predicted molar refractivity (Wildman–Crippen MR) is 77.7 cm³/mol. The zero-order valence-corrected chi connectivity index (χ0v) is 12.9. The Balaban J connectivity index is 1.73. The number of pyridine rings is 1. The molecule has 3 rings (SSSR count). The van der Waals surface area contributed by atoms with Crippen molar-refractivity contribution >= 4 is 21.7 Å². The van der Waals surface area contributed by atoms with E-state index in [0.29, 0.717) is 12.3 Å². The van der Waals surface area contributed by atoms with Crippen molar-refractivity contribution in [1.82, 2.24) is 4.98 Å². The molecule has 2 aliphatic heterocycles. The number of aromatic nitrogens is 1. The van der Waals surface area contributed by atoms with Crippen LogP contribution in [0.2, 0.25) is 0 Å². The first-order chi connectivity index (χ1) is 9.69. The van der Waals surface area contributed by atoms with Gasteiger partial charge in [-0.2, -0.15) is 0 Å². The van der Waals surface area contributed by atoms with Gasteiger partial charge < -0.3 is 9.47 Å². The summed E-state index contributed by atoms with van der Waals surface area (Å²) in [6.07, 6.45) is 5.05. The summed E-state index contributed by atoms with van der Waals surface area (Å²) in [6, 6.07) is 3.66. The SMILES string of the molecule is O=C(c1ccc(Br)cn1)C1CCOC2(CCOCC2)C1. The van der Waals surface area contributed by atoms with Gasteiger partial charge in [0.25, 0.3) is 0 Å². The molecule has 0 aromatic carbocycles. The van der Waals surface area contributed by atoms with Gasteiger partial charge in [-0.15, -0.1) is 0 Å². The second kappa shape index (κ2) is 5.92. The van der Waals surface area contributed by atoms with Crippen LogP contribution >= 0.6 is 15.9 Å². The van der Waals surface area contributed by atoms with Crippen LogP contribution in [0, 0.1) is 5.92 Å². The Labute approximate surface area is 127 Å². The number of Topliss-reactive ketones (excluding diaryl/α,β-unsaturated/α-hetero) is 1. The highest BCUT2D eigenvalue weighted by molar-refractivity contribution is 9.10. The molecular weight excluding hydrogens is 322 g/mol. The third-order valence-electron chi connectivity index (χ3n) is 4.25. The van der Waals surface area contributed by atoms with E-state index in [1.54, 1.807) is 12.3 Å². The second-order valence-electron chi connectivity index (χ2n) is 5.56. The topological polar surface area (TPSA) is 48.4 Å². The number of rotatable bonds is 2. The summed E-state index contributed by atoms with van der Waals surface area (Å²) in [5.74, 6) is 0.169. The first-order valence-corrected chi connectivity index (χ1v) is 7.85. The number of halogens is 1. The Hall–Kier alpha value is -0.780. The van der Waals surface area contributed by atoms with Gasteiger partial charge >= 0.3 is 0 Å². The Morgan fingerprint density at radius 3 is 2.80 bits per heavy atom. The lowest BCUT2D eigenvalue weighted by Crippen LogP contribution is -2.46. The standard InChI is InChI=1S/C15H18BrNO3/c16-12-1-2-13(17-10-12)14(18)11-3-6-20-15(9-11)4-7-19-8-5-15/h1-2,10-11H,3-9H2. The molecule has 5 heteroatoms. The molecule has 0 aliphatic carbocycles. The fraction of sp³-hybridized carbons (Fsp3) is 0.600. The highest BCUT2D eigenvalue weighted by Crippen LogP contribution is 2.38. The van der Waals surface area contributed by atoms with Crippen LogP contribution in [0.5, 0.6) is 0 Å². The fourth-order valence-corrected chi connectivity index (χ4v) is 3.31. The van der Waals surface area contributed by atoms with E-state index in [0.717, 1.165) is 43.4 Å². The molecule has 1 atom stereocenters. The van der Waals surface area contributed by atoms with E-state index < -0.39 is 0 Å². The lowest BCUT2D eigenvalue weighted by atomic mass is 9.78. The first-order valence-electron chi connectivity index (χ1n) is 7.06. The van der Waals surface area contributed by atoms with Gasteiger partial charge in [-0.05, 0) is 53.7 Å². The second-order valence-corrected chi connectivity index (χ2v) is 6.48. The van der Waals surface area contributed by atoms with Crippen LogP contribution in [0.4, 0.5) is 0 Å². The average Bonchev–Trinajstić information content (AvgIpc) is 2.48. The number of hydrogen-bond donors (Lipinski definition) is 0. The molecule has 2 fully saturated rings. The summed E-state index contributed by atoms with van der Waals surface area (Å²) in [5, 5.41) is 0. The monoisotopic (exact) mass is 339 g/mol. The van der Waals surface area contributed by atoms with E-state index in [2.05, 4.69) is 20.9 Å². The third-order valence-corrected chi connectivity index (χ3v) is 4.72. The molecule has 0 bridgehead atoms. The number of carbonyl (C=O) groups is 1. The van der Waals surface area contributed by atoms with Crippen molar-refractivity contribution in [3.05, 3.63) is 28.5 Å². The van der Waals surface area contributed by atoms with Gasteiger partial charge in [0.2, 0.25) is 0 Å². The molecule has 0 radical (unpaired) electrons. The minimum Gasteiger partial charge on any atom is -0.381 e. The quantitative estimate of drug-likeness (QED) is 0.777. The van der Waals surface area contributed by atoms with E-state index in [-0.39, 0.29) is 17.3 Å². The Bertz CT molecular complexity index is 477. The van der Waals surface area contributed by atoms with Crippen LogP contribution in [0.1, 0.15) is 36.2 Å². The largest absolute Gasteiger partial charge is 0.381 e. The van der Waals surface area contributed by atoms with Crippen molar-refractivity contribution in [3.63, 3.8) is 0 Å². The van der Waals surface area contributed by atoms with Gasteiger partial charge in [0.1, 0.15) is 5.69 Å². The molecule has 4 nitrogen and oxygen atoms in total. The number of nitrogens with zero attached hydrogens (tertiary/aromatic N) is 1. The van der Waals surface area contributed by atoms with Crippen LogP contribution in [0.3, 0.4) is 0 Å². The van der Waals surface area contributed by atoms with Crippen LogP contribution in [-0.4, -0.2) is 36.2 Å². The van der Waals surface area contributed by atoms with Crippen molar-refractivity contribution in [3.8, 4) is 0 Å². The molecule has 3 heterocycles. The lowest BCUT2D eigenvalue weighted by Gasteiger charge is -2.42. The summed E-state index contributed by atoms with van der Waals surface area (Å²) in [7, 11) is 0. The highest BCUT2D eigenvalue weighted by Gasteiger charge is 2.41. The summed E-state index contributed by atoms with van der Waals surface area (Å²) in [5.41, 5.74) is 0.411. The van der Waals surface area contributed by atoms with Crippen LogP contribution in [0.15, 0.2) is 22.8 Å². The molecule has 1 aromatic heterocycles. The zero-order valence-electron chi connectivity index (χ0n) is 11.3. The molecule has 2 aliphatic rings. The Morgan fingerprint density at radius 2 is 2.10 bits per heavy atom. The molecular formula is C15H18BrNO3. The van der Waals surface area contributed by atoms with Gasteiger partial charge in [0.05, 0.1) is 5.60 Å². The molecule has 1 spiro atoms. The van der Waals surface area contributed by atoms with Gasteiger partial charge in [0, 0.05) is 36.4 Å². The number of ketones is 1. The maximum Gasteiger partial charge on any atom is 0.184 e. The minimum absolute atomic E-state index is 0.0236.